The van der Waals surface area contributed by atoms with E-state index in [2.05, 4.69) is 118 Å². The van der Waals surface area contributed by atoms with Crippen LogP contribution in [0.4, 0.5) is 0 Å². The molecule has 0 spiro atoms. The first-order chi connectivity index (χ1) is 31.5. The average Bonchev–Trinajstić information content (AvgIpc) is 3.29. The SMILES string of the molecule is CC\C=C/C=C\C=C/CCCCCCCC(=O)OCC(COC(=O)CCCCCCCCCCCC/C=C\C=C/CCCCC)OC(=O)CCCCCC/C=C\C/C=C\C/C=C\CC. The van der Waals surface area contributed by atoms with Crippen LogP contribution in [0.2, 0.25) is 0 Å². The van der Waals surface area contributed by atoms with Gasteiger partial charge in [-0.1, -0.05) is 214 Å². The van der Waals surface area contributed by atoms with Crippen LogP contribution in [0.25, 0.3) is 0 Å². The van der Waals surface area contributed by atoms with Crippen LogP contribution in [0, 0.1) is 0 Å². The summed E-state index contributed by atoms with van der Waals surface area (Å²) >= 11 is 0. The fourth-order valence-corrected chi connectivity index (χ4v) is 6.98. The standard InChI is InChI=1S/C58H96O6/c1-4-7-10-13-16-19-22-25-27-28-29-30-31-34-36-39-42-45-48-51-57(60)63-54-55(53-62-56(59)50-47-44-41-38-35-32-24-21-18-15-12-9-6-3)64-58(61)52-49-46-43-40-37-33-26-23-20-17-14-11-8-5-2/h8-9,11-12,15-22,24-26,33,55H,4-7,10,13-14,23,27-32,34-54H2,1-3H3/b11-8-,12-9-,18-15-,19-16-,20-17-,24-21-,25-22-,33-26-. The summed E-state index contributed by atoms with van der Waals surface area (Å²) in [6, 6.07) is 0. The number of hydrogen-bond acceptors (Lipinski definition) is 6. The minimum atomic E-state index is -0.799. The third kappa shape index (κ3) is 49.3. The smallest absolute Gasteiger partial charge is 0.306 e. The molecular formula is C58H96O6. The Balaban J connectivity index is 4.42. The lowest BCUT2D eigenvalue weighted by atomic mass is 10.1. The zero-order valence-corrected chi connectivity index (χ0v) is 41.5. The molecule has 0 rings (SSSR count). The normalized spacial score (nSPS) is 12.9. The van der Waals surface area contributed by atoms with Crippen molar-refractivity contribution >= 4 is 17.9 Å². The van der Waals surface area contributed by atoms with Crippen molar-refractivity contribution in [1.29, 1.82) is 0 Å². The highest BCUT2D eigenvalue weighted by Gasteiger charge is 2.19. The quantitative estimate of drug-likeness (QED) is 0.0199. The zero-order valence-electron chi connectivity index (χ0n) is 41.5. The fourth-order valence-electron chi connectivity index (χ4n) is 6.98. The van der Waals surface area contributed by atoms with E-state index in [9.17, 15) is 14.4 Å². The number of ether oxygens (including phenoxy) is 3. The van der Waals surface area contributed by atoms with Crippen LogP contribution in [0.1, 0.15) is 233 Å². The van der Waals surface area contributed by atoms with Gasteiger partial charge in [-0.3, -0.25) is 14.4 Å². The minimum absolute atomic E-state index is 0.0963. The van der Waals surface area contributed by atoms with Gasteiger partial charge in [-0.25, -0.2) is 0 Å². The van der Waals surface area contributed by atoms with Gasteiger partial charge in [0.15, 0.2) is 6.10 Å². The molecule has 0 heterocycles. The number of rotatable bonds is 46. The van der Waals surface area contributed by atoms with E-state index in [-0.39, 0.29) is 31.1 Å². The molecule has 1 unspecified atom stereocenters. The monoisotopic (exact) mass is 889 g/mol. The van der Waals surface area contributed by atoms with Gasteiger partial charge in [0.1, 0.15) is 13.2 Å². The maximum absolute atomic E-state index is 12.8. The predicted octanol–water partition coefficient (Wildman–Crippen LogP) is 17.4. The number of carbonyl (C=O) groups excluding carboxylic acids is 3. The van der Waals surface area contributed by atoms with Gasteiger partial charge >= 0.3 is 17.9 Å². The lowest BCUT2D eigenvalue weighted by Crippen LogP contribution is -2.30. The van der Waals surface area contributed by atoms with Crippen molar-refractivity contribution in [2.45, 2.75) is 239 Å². The molecule has 0 aliphatic carbocycles. The van der Waals surface area contributed by atoms with Gasteiger partial charge in [-0.15, -0.1) is 0 Å². The average molecular weight is 889 g/mol. The molecule has 0 fully saturated rings. The number of esters is 3. The summed E-state index contributed by atoms with van der Waals surface area (Å²) in [6.07, 6.45) is 68.2. The van der Waals surface area contributed by atoms with Crippen molar-refractivity contribution in [3.8, 4) is 0 Å². The molecule has 0 aromatic rings. The molecule has 0 aromatic carbocycles. The highest BCUT2D eigenvalue weighted by Crippen LogP contribution is 2.14. The predicted molar refractivity (Wildman–Crippen MR) is 274 cm³/mol. The summed E-state index contributed by atoms with van der Waals surface area (Å²) in [5.41, 5.74) is 0. The lowest BCUT2D eigenvalue weighted by molar-refractivity contribution is -0.167. The van der Waals surface area contributed by atoms with Gasteiger partial charge < -0.3 is 14.2 Å². The van der Waals surface area contributed by atoms with Gasteiger partial charge in [-0.05, 0) is 96.3 Å². The molecule has 0 amide bonds. The Morgan fingerprint density at radius 3 is 1.14 bits per heavy atom. The van der Waals surface area contributed by atoms with Crippen molar-refractivity contribution in [2.24, 2.45) is 0 Å². The van der Waals surface area contributed by atoms with Crippen LogP contribution in [0.3, 0.4) is 0 Å². The summed E-state index contributed by atoms with van der Waals surface area (Å²) in [6.45, 7) is 6.32. The molecule has 0 saturated carbocycles. The molecule has 364 valence electrons. The Morgan fingerprint density at radius 1 is 0.344 bits per heavy atom. The Morgan fingerprint density at radius 2 is 0.688 bits per heavy atom. The Bertz CT molecular complexity index is 1300. The molecule has 0 aromatic heterocycles. The maximum atomic E-state index is 12.8. The van der Waals surface area contributed by atoms with E-state index in [1.807, 2.05) is 0 Å². The second kappa shape index (κ2) is 52.0. The summed E-state index contributed by atoms with van der Waals surface area (Å²) < 4.78 is 16.8. The van der Waals surface area contributed by atoms with Gasteiger partial charge in [0, 0.05) is 19.3 Å². The van der Waals surface area contributed by atoms with Crippen molar-refractivity contribution in [2.75, 3.05) is 13.2 Å². The summed E-state index contributed by atoms with van der Waals surface area (Å²) in [4.78, 5) is 38.0. The molecule has 0 bridgehead atoms. The topological polar surface area (TPSA) is 78.9 Å². The van der Waals surface area contributed by atoms with E-state index < -0.39 is 6.10 Å². The van der Waals surface area contributed by atoms with Gasteiger partial charge in [0.2, 0.25) is 0 Å². The molecule has 0 radical (unpaired) electrons. The lowest BCUT2D eigenvalue weighted by Gasteiger charge is -2.18. The van der Waals surface area contributed by atoms with E-state index in [1.165, 1.54) is 77.0 Å². The Kier molecular flexibility index (Phi) is 49.0. The van der Waals surface area contributed by atoms with E-state index in [4.69, 9.17) is 14.2 Å². The van der Waals surface area contributed by atoms with Gasteiger partial charge in [0.25, 0.3) is 0 Å². The number of carbonyl (C=O) groups is 3. The zero-order chi connectivity index (χ0) is 46.5. The van der Waals surface area contributed by atoms with E-state index in [0.717, 1.165) is 116 Å². The van der Waals surface area contributed by atoms with Crippen LogP contribution in [-0.2, 0) is 28.6 Å². The van der Waals surface area contributed by atoms with Crippen LogP contribution < -0.4 is 0 Å². The maximum Gasteiger partial charge on any atom is 0.306 e. The number of hydrogen-bond donors (Lipinski definition) is 0. The van der Waals surface area contributed by atoms with Crippen molar-refractivity contribution in [1.82, 2.24) is 0 Å². The fraction of sp³-hybridized carbons (Fsp3) is 0.672. The summed E-state index contributed by atoms with van der Waals surface area (Å²) in [5.74, 6) is -0.946. The van der Waals surface area contributed by atoms with Crippen molar-refractivity contribution < 1.29 is 28.6 Å². The Hall–Kier alpha value is -3.67. The molecule has 0 saturated heterocycles. The molecule has 0 N–H and O–H groups in total. The molecule has 64 heavy (non-hydrogen) atoms. The van der Waals surface area contributed by atoms with Crippen LogP contribution in [0.5, 0.6) is 0 Å². The van der Waals surface area contributed by atoms with E-state index in [0.29, 0.717) is 19.3 Å². The van der Waals surface area contributed by atoms with Crippen molar-refractivity contribution in [3.05, 3.63) is 97.2 Å². The molecule has 0 aliphatic rings. The highest BCUT2D eigenvalue weighted by atomic mass is 16.6. The van der Waals surface area contributed by atoms with Crippen LogP contribution in [-0.4, -0.2) is 37.2 Å². The van der Waals surface area contributed by atoms with Gasteiger partial charge in [0.05, 0.1) is 0 Å². The van der Waals surface area contributed by atoms with E-state index >= 15 is 0 Å². The number of unbranched alkanes of at least 4 members (excludes halogenated alkanes) is 22. The second-order valence-electron chi connectivity index (χ2n) is 17.1. The third-order valence-electron chi connectivity index (χ3n) is 10.9. The number of allylic oxidation sites excluding steroid dienone is 16. The second-order valence-corrected chi connectivity index (χ2v) is 17.1. The van der Waals surface area contributed by atoms with Crippen LogP contribution >= 0.6 is 0 Å². The Labute approximate surface area is 394 Å². The molecule has 0 aliphatic heterocycles. The van der Waals surface area contributed by atoms with Gasteiger partial charge in [-0.2, -0.15) is 0 Å². The first kappa shape index (κ1) is 60.3. The largest absolute Gasteiger partial charge is 0.462 e. The third-order valence-corrected chi connectivity index (χ3v) is 10.9. The van der Waals surface area contributed by atoms with Crippen molar-refractivity contribution in [3.63, 3.8) is 0 Å². The first-order valence-corrected chi connectivity index (χ1v) is 26.3. The van der Waals surface area contributed by atoms with E-state index in [1.54, 1.807) is 0 Å². The first-order valence-electron chi connectivity index (χ1n) is 26.3. The molecule has 1 atom stereocenters. The molecule has 6 nitrogen and oxygen atoms in total. The summed E-state index contributed by atoms with van der Waals surface area (Å²) in [7, 11) is 0. The highest BCUT2D eigenvalue weighted by molar-refractivity contribution is 5.71. The molecular weight excluding hydrogens is 793 g/mol. The van der Waals surface area contributed by atoms with Crippen LogP contribution in [0.15, 0.2) is 97.2 Å². The summed E-state index contributed by atoms with van der Waals surface area (Å²) in [5, 5.41) is 0. The minimum Gasteiger partial charge on any atom is -0.462 e. The molecule has 6 heteroatoms.